The highest BCUT2D eigenvalue weighted by atomic mass is 16.5. The van der Waals surface area contributed by atoms with Gasteiger partial charge in [-0.1, -0.05) is 72.8 Å². The van der Waals surface area contributed by atoms with E-state index < -0.39 is 5.60 Å². The summed E-state index contributed by atoms with van der Waals surface area (Å²) in [7, 11) is 0. The molecule has 9 heteroatoms. The van der Waals surface area contributed by atoms with Crippen LogP contribution in [0.15, 0.2) is 146 Å². The van der Waals surface area contributed by atoms with Gasteiger partial charge >= 0.3 is 0 Å². The average Bonchev–Trinajstić information content (AvgIpc) is 3.32. The van der Waals surface area contributed by atoms with Crippen LogP contribution in [0.3, 0.4) is 0 Å². The fourth-order valence-corrected chi connectivity index (χ4v) is 8.14. The minimum absolute atomic E-state index is 0.0253. The maximum atomic E-state index is 13.1. The van der Waals surface area contributed by atoms with Gasteiger partial charge in [0.25, 0.3) is 0 Å². The second-order valence-electron chi connectivity index (χ2n) is 16.1. The third-order valence-electron chi connectivity index (χ3n) is 11.5. The maximum Gasteiger partial charge on any atom is 0.170 e. The van der Waals surface area contributed by atoms with Crippen molar-refractivity contribution in [2.75, 3.05) is 0 Å². The molecular formula is C54H48N2O7. The molecule has 0 unspecified atom stereocenters. The molecule has 0 atom stereocenters. The zero-order chi connectivity index (χ0) is 44.2. The van der Waals surface area contributed by atoms with Gasteiger partial charge in [0.15, 0.2) is 11.6 Å². The zero-order valence-electron chi connectivity index (χ0n) is 35.2. The highest BCUT2D eigenvalue weighted by molar-refractivity contribution is 6.01. The molecule has 2 aliphatic carbocycles. The van der Waals surface area contributed by atoms with Gasteiger partial charge in [-0.2, -0.15) is 10.5 Å². The van der Waals surface area contributed by atoms with Crippen LogP contribution in [-0.4, -0.2) is 40.3 Å². The number of phenols is 1. The van der Waals surface area contributed by atoms with E-state index in [1.165, 1.54) is 13.0 Å². The second kappa shape index (κ2) is 20.4. The summed E-state index contributed by atoms with van der Waals surface area (Å²) in [5.41, 5.74) is 5.14. The number of benzene rings is 6. The topological polar surface area (TPSA) is 147 Å². The van der Waals surface area contributed by atoms with Crippen LogP contribution < -0.4 is 14.2 Å². The number of aromatic hydroxyl groups is 1. The van der Waals surface area contributed by atoms with Crippen LogP contribution in [0.5, 0.6) is 23.0 Å². The summed E-state index contributed by atoms with van der Waals surface area (Å²) in [5, 5.41) is 27.6. The molecular weight excluding hydrogens is 789 g/mol. The minimum Gasteiger partial charge on any atom is -0.507 e. The van der Waals surface area contributed by atoms with E-state index in [0.29, 0.717) is 47.5 Å². The summed E-state index contributed by atoms with van der Waals surface area (Å²) in [4.78, 5) is 35.4. The quantitative estimate of drug-likeness (QED) is 0.155. The van der Waals surface area contributed by atoms with E-state index in [9.17, 15) is 19.5 Å². The van der Waals surface area contributed by atoms with E-state index in [0.717, 1.165) is 72.3 Å². The number of para-hydroxylation sites is 2. The number of nitrogens with zero attached hydrogens (tertiary/aromatic N) is 2. The van der Waals surface area contributed by atoms with Crippen molar-refractivity contribution in [3.63, 3.8) is 0 Å². The molecule has 0 amide bonds. The van der Waals surface area contributed by atoms with Crippen molar-refractivity contribution in [2.24, 2.45) is 0 Å². The lowest BCUT2D eigenvalue weighted by molar-refractivity contribution is -0.121. The Balaban J connectivity index is 0.000000157. The van der Waals surface area contributed by atoms with E-state index in [-0.39, 0.29) is 35.1 Å². The van der Waals surface area contributed by atoms with Crippen LogP contribution >= 0.6 is 0 Å². The number of carbonyl (C=O) groups excluding carboxylic acids is 3. The van der Waals surface area contributed by atoms with E-state index in [4.69, 9.17) is 24.7 Å². The number of carbonyl (C=O) groups is 3. The van der Waals surface area contributed by atoms with Gasteiger partial charge in [-0.3, -0.25) is 14.4 Å². The summed E-state index contributed by atoms with van der Waals surface area (Å²) in [6.07, 6.45) is 7.24. The van der Waals surface area contributed by atoms with Gasteiger partial charge < -0.3 is 19.3 Å². The molecule has 9 nitrogen and oxygen atoms in total. The summed E-state index contributed by atoms with van der Waals surface area (Å²) in [5.74, 6) is 2.75. The molecule has 1 heterocycles. The monoisotopic (exact) mass is 836 g/mol. The van der Waals surface area contributed by atoms with Crippen LogP contribution in [-0.2, 0) is 4.79 Å². The van der Waals surface area contributed by atoms with Crippen molar-refractivity contribution in [3.8, 4) is 57.4 Å². The van der Waals surface area contributed by atoms with Gasteiger partial charge in [-0.15, -0.1) is 0 Å². The lowest BCUT2D eigenvalue weighted by atomic mass is 9.77. The highest BCUT2D eigenvalue weighted by Gasteiger charge is 2.44. The smallest absolute Gasteiger partial charge is 0.170 e. The van der Waals surface area contributed by atoms with Gasteiger partial charge in [-0.25, -0.2) is 0 Å². The first-order valence-corrected chi connectivity index (χ1v) is 21.3. The molecule has 1 spiro atoms. The van der Waals surface area contributed by atoms with Crippen molar-refractivity contribution in [1.29, 1.82) is 10.5 Å². The molecule has 0 bridgehead atoms. The van der Waals surface area contributed by atoms with Crippen molar-refractivity contribution < 1.29 is 33.7 Å². The first-order valence-electron chi connectivity index (χ1n) is 21.3. The molecule has 2 saturated carbocycles. The Morgan fingerprint density at radius 1 is 0.635 bits per heavy atom. The van der Waals surface area contributed by atoms with Crippen molar-refractivity contribution in [1.82, 2.24) is 0 Å². The van der Waals surface area contributed by atoms with Gasteiger partial charge in [-0.05, 0) is 140 Å². The molecule has 9 rings (SSSR count). The van der Waals surface area contributed by atoms with Crippen LogP contribution in [0.4, 0.5) is 0 Å². The standard InChI is InChI=1S/C27H23NO3.C15H11NO2.C12H14O2/c28-18-19-5-4-6-20(15-19)21-9-10-26-24(16-21)25(29)17-27(31-26)13-11-23(12-14-27)30-22-7-2-1-3-8-22;1-10(17)14-8-13(5-6-15(14)18)12-4-2-3-11(7-12)9-16;13-10-6-8-12(9-7-10)14-11-4-2-1-3-5-11/h1-10,15-16,23H,11-14,17H2;2-8,18H,1H3;1-5,12H,6-9H2. The molecule has 1 N–H and O–H groups in total. The lowest BCUT2D eigenvalue weighted by Gasteiger charge is -2.42. The van der Waals surface area contributed by atoms with Crippen LogP contribution in [0.1, 0.15) is 96.6 Å². The van der Waals surface area contributed by atoms with E-state index in [1.807, 2.05) is 103 Å². The number of Topliss-reactive ketones (excluding diaryl/α,β-unsaturated/α-hetero) is 3. The molecule has 1 aliphatic heterocycles. The summed E-state index contributed by atoms with van der Waals surface area (Å²) >= 11 is 0. The van der Waals surface area contributed by atoms with Gasteiger partial charge in [0.05, 0.1) is 53.0 Å². The molecule has 6 aromatic carbocycles. The normalized spacial score (nSPS) is 17.8. The Labute approximate surface area is 368 Å². The van der Waals surface area contributed by atoms with Crippen LogP contribution in [0, 0.1) is 22.7 Å². The van der Waals surface area contributed by atoms with Gasteiger partial charge in [0.1, 0.15) is 34.4 Å². The van der Waals surface area contributed by atoms with E-state index in [1.54, 1.807) is 36.4 Å². The number of ether oxygens (including phenoxy) is 3. The number of hydrogen-bond acceptors (Lipinski definition) is 9. The molecule has 0 aromatic heterocycles. The number of ketones is 3. The van der Waals surface area contributed by atoms with Crippen LogP contribution in [0.2, 0.25) is 0 Å². The molecule has 63 heavy (non-hydrogen) atoms. The SMILES string of the molecule is CC(=O)c1cc(-c2cccc(C#N)c2)ccc1O.N#Cc1cccc(-c2ccc3c(c2)C(=O)CC2(CCC(Oc4ccccc4)CC2)O3)c1.O=C1CCC(Oc2ccccc2)CC1. The van der Waals surface area contributed by atoms with Crippen LogP contribution in [0.25, 0.3) is 22.3 Å². The molecule has 0 radical (unpaired) electrons. The highest BCUT2D eigenvalue weighted by Crippen LogP contribution is 2.43. The van der Waals surface area contributed by atoms with E-state index in [2.05, 4.69) is 12.1 Å². The van der Waals surface area contributed by atoms with Gasteiger partial charge in [0.2, 0.25) is 0 Å². The average molecular weight is 837 g/mol. The van der Waals surface area contributed by atoms with Crippen molar-refractivity contribution >= 4 is 17.3 Å². The fourth-order valence-electron chi connectivity index (χ4n) is 8.14. The number of nitriles is 2. The maximum absolute atomic E-state index is 13.1. The summed E-state index contributed by atoms with van der Waals surface area (Å²) in [6.45, 7) is 1.41. The Hall–Kier alpha value is -7.49. The Bertz CT molecular complexity index is 2650. The largest absolute Gasteiger partial charge is 0.507 e. The summed E-state index contributed by atoms with van der Waals surface area (Å²) < 4.78 is 18.3. The van der Waals surface area contributed by atoms with E-state index >= 15 is 0 Å². The number of hydrogen-bond donors (Lipinski definition) is 1. The Morgan fingerprint density at radius 2 is 1.14 bits per heavy atom. The molecule has 6 aromatic rings. The molecule has 3 aliphatic rings. The Kier molecular flexibility index (Phi) is 14.1. The first-order chi connectivity index (χ1) is 30.6. The summed E-state index contributed by atoms with van der Waals surface area (Å²) in [6, 6.07) is 49.1. The third kappa shape index (κ3) is 11.5. The molecule has 0 saturated heterocycles. The number of phenolic OH excluding ortho intramolecular Hbond substituents is 1. The first kappa shape index (κ1) is 43.6. The molecule has 316 valence electrons. The number of fused-ring (bicyclic) bond motifs is 1. The van der Waals surface area contributed by atoms with Crippen molar-refractivity contribution in [3.05, 3.63) is 168 Å². The Morgan fingerprint density at radius 3 is 1.68 bits per heavy atom. The third-order valence-corrected chi connectivity index (χ3v) is 11.5. The number of rotatable bonds is 7. The fraction of sp³-hybridized carbons (Fsp3) is 0.241. The predicted molar refractivity (Wildman–Crippen MR) is 241 cm³/mol. The minimum atomic E-state index is -0.428. The predicted octanol–water partition coefficient (Wildman–Crippen LogP) is 11.7. The molecule has 2 fully saturated rings. The lowest BCUT2D eigenvalue weighted by Crippen LogP contribution is -2.46. The van der Waals surface area contributed by atoms with Gasteiger partial charge in [0, 0.05) is 12.8 Å². The van der Waals surface area contributed by atoms with Crippen molar-refractivity contribution in [2.45, 2.75) is 82.5 Å². The zero-order valence-corrected chi connectivity index (χ0v) is 35.2. The second-order valence-corrected chi connectivity index (χ2v) is 16.1.